The first-order chi connectivity index (χ1) is 18.8. The molecule has 198 valence electrons. The van der Waals surface area contributed by atoms with E-state index in [2.05, 4.69) is 11.1 Å². The van der Waals surface area contributed by atoms with Crippen LogP contribution in [-0.4, -0.2) is 55.5 Å². The molecule has 0 aliphatic carbocycles. The first-order valence-electron chi connectivity index (χ1n) is 12.6. The topological polar surface area (TPSA) is 120 Å². The fourth-order valence-corrected chi connectivity index (χ4v) is 5.27. The molecule has 5 rings (SSSR count). The van der Waals surface area contributed by atoms with E-state index in [0.717, 1.165) is 26.9 Å². The molecule has 1 fully saturated rings. The number of benzene rings is 3. The van der Waals surface area contributed by atoms with Crippen molar-refractivity contribution in [2.45, 2.75) is 31.8 Å². The zero-order valence-electron chi connectivity index (χ0n) is 23.4. The molecule has 9 nitrogen and oxygen atoms in total. The number of imidazole rings is 1. The Hall–Kier alpha value is -4.37. The minimum Gasteiger partial charge on any atom is -1.00 e. The SMILES string of the molecule is CC1(c2cccc3ccccc23)C(=O)N(CCCc2cncn2Cc2ccc(C#N)cc2)C(=O)N1CC(=O)O.[H-].[Li+]. The van der Waals surface area contributed by atoms with Crippen molar-refractivity contribution in [3.05, 3.63) is 102 Å². The smallest absolute Gasteiger partial charge is 1.00 e. The maximum atomic E-state index is 13.9. The summed E-state index contributed by atoms with van der Waals surface area (Å²) in [5, 5.41) is 20.3. The maximum Gasteiger partial charge on any atom is 1.00 e. The number of hydrogen-bond acceptors (Lipinski definition) is 5. The van der Waals surface area contributed by atoms with Crippen molar-refractivity contribution in [1.82, 2.24) is 19.4 Å². The molecule has 0 bridgehead atoms. The fourth-order valence-electron chi connectivity index (χ4n) is 5.27. The zero-order valence-corrected chi connectivity index (χ0v) is 22.4. The first-order valence-corrected chi connectivity index (χ1v) is 12.6. The average Bonchev–Trinajstić information content (AvgIpc) is 3.45. The second kappa shape index (κ2) is 11.8. The van der Waals surface area contributed by atoms with Gasteiger partial charge in [-0.05, 0) is 53.8 Å². The molecule has 1 atom stereocenters. The third kappa shape index (κ3) is 5.24. The van der Waals surface area contributed by atoms with Crippen molar-refractivity contribution in [3.8, 4) is 6.07 Å². The molecule has 0 radical (unpaired) electrons. The molecule has 1 saturated heterocycles. The van der Waals surface area contributed by atoms with Crippen LogP contribution in [0.25, 0.3) is 10.8 Å². The van der Waals surface area contributed by atoms with Gasteiger partial charge in [-0.2, -0.15) is 5.26 Å². The fraction of sp³-hybridized carbons (Fsp3) is 0.233. The Labute approximate surface area is 245 Å². The molecule has 40 heavy (non-hydrogen) atoms. The molecule has 0 saturated carbocycles. The number of aliphatic carboxylic acids is 1. The van der Waals surface area contributed by atoms with Gasteiger partial charge < -0.3 is 11.1 Å². The van der Waals surface area contributed by atoms with E-state index in [1.165, 1.54) is 4.90 Å². The number of aromatic nitrogens is 2. The van der Waals surface area contributed by atoms with E-state index in [1.807, 2.05) is 53.1 Å². The van der Waals surface area contributed by atoms with Gasteiger partial charge in [-0.25, -0.2) is 9.78 Å². The number of imide groups is 1. The van der Waals surface area contributed by atoms with Crippen LogP contribution in [0.15, 0.2) is 79.3 Å². The molecule has 0 spiro atoms. The standard InChI is InChI=1S/C30H27N5O4.Li.H/c1-30(26-10-4-7-23-6-2-3-9-25(23)26)28(38)34(29(39)35(30)19-27(36)37)15-5-8-24-17-32-20-33(24)18-22-13-11-21(16-31)12-14-22;;/h2-4,6-7,9-14,17,20H,5,8,15,18-19H2,1H3,(H,36,37);;/q;+1;-1. The van der Waals surface area contributed by atoms with Crippen molar-refractivity contribution in [2.24, 2.45) is 0 Å². The van der Waals surface area contributed by atoms with Gasteiger partial charge in [-0.1, -0.05) is 54.6 Å². The van der Waals surface area contributed by atoms with Gasteiger partial charge >= 0.3 is 30.9 Å². The molecule has 2 heterocycles. The number of nitriles is 1. The van der Waals surface area contributed by atoms with Crippen LogP contribution in [0.2, 0.25) is 0 Å². The van der Waals surface area contributed by atoms with Gasteiger partial charge in [0.1, 0.15) is 12.1 Å². The zero-order chi connectivity index (χ0) is 27.6. The number of aryl methyl sites for hydroxylation is 1. The van der Waals surface area contributed by atoms with Gasteiger partial charge in [0, 0.05) is 25.0 Å². The molecule has 3 aromatic carbocycles. The van der Waals surface area contributed by atoms with Crippen molar-refractivity contribution in [1.29, 1.82) is 5.26 Å². The summed E-state index contributed by atoms with van der Waals surface area (Å²) >= 11 is 0. The van der Waals surface area contributed by atoms with E-state index in [0.29, 0.717) is 30.5 Å². The van der Waals surface area contributed by atoms with Crippen LogP contribution in [0.4, 0.5) is 4.79 Å². The molecule has 1 unspecified atom stereocenters. The summed E-state index contributed by atoms with van der Waals surface area (Å²) in [7, 11) is 0. The quantitative estimate of drug-likeness (QED) is 0.258. The number of fused-ring (bicyclic) bond motifs is 1. The summed E-state index contributed by atoms with van der Waals surface area (Å²) in [5.74, 6) is -1.62. The van der Waals surface area contributed by atoms with Crippen LogP contribution in [0.5, 0.6) is 0 Å². The largest absolute Gasteiger partial charge is 1.00 e. The number of urea groups is 1. The molecule has 1 aliphatic heterocycles. The Morgan fingerprint density at radius 1 is 1.07 bits per heavy atom. The maximum absolute atomic E-state index is 13.9. The van der Waals surface area contributed by atoms with Crippen molar-refractivity contribution >= 4 is 28.7 Å². The van der Waals surface area contributed by atoms with E-state index in [-0.39, 0.29) is 26.8 Å². The van der Waals surface area contributed by atoms with Gasteiger partial charge in [0.2, 0.25) is 0 Å². The molecule has 4 aromatic rings. The Bertz CT molecular complexity index is 1610. The van der Waals surface area contributed by atoms with Crippen molar-refractivity contribution in [3.63, 3.8) is 0 Å². The Morgan fingerprint density at radius 2 is 1.80 bits per heavy atom. The van der Waals surface area contributed by atoms with Gasteiger partial charge in [0.25, 0.3) is 5.91 Å². The summed E-state index contributed by atoms with van der Waals surface area (Å²) in [6.45, 7) is 1.77. The van der Waals surface area contributed by atoms with Crippen molar-refractivity contribution < 1.29 is 39.8 Å². The Kier molecular flexibility index (Phi) is 8.44. The number of carboxylic acid groups (broad SMARTS) is 1. The van der Waals surface area contributed by atoms with Gasteiger partial charge in [-0.3, -0.25) is 19.4 Å². The number of rotatable bonds is 9. The molecule has 3 amide bonds. The monoisotopic (exact) mass is 529 g/mol. The third-order valence-electron chi connectivity index (χ3n) is 7.32. The van der Waals surface area contributed by atoms with E-state index in [1.54, 1.807) is 37.6 Å². The summed E-state index contributed by atoms with van der Waals surface area (Å²) < 4.78 is 1.99. The van der Waals surface area contributed by atoms with Gasteiger partial charge in [0.15, 0.2) is 0 Å². The summed E-state index contributed by atoms with van der Waals surface area (Å²) in [6, 6.07) is 21.9. The molecular formula is C30H28LiN5O4. The molecule has 1 aliphatic rings. The van der Waals surface area contributed by atoms with Crippen LogP contribution in [-0.2, 0) is 28.1 Å². The number of nitrogens with zero attached hydrogens (tertiary/aromatic N) is 5. The number of carbonyl (C=O) groups is 3. The van der Waals surface area contributed by atoms with E-state index >= 15 is 0 Å². The molecule has 10 heteroatoms. The molecule has 1 aromatic heterocycles. The third-order valence-corrected chi connectivity index (χ3v) is 7.32. The van der Waals surface area contributed by atoms with Crippen LogP contribution >= 0.6 is 0 Å². The summed E-state index contributed by atoms with van der Waals surface area (Å²) in [4.78, 5) is 45.6. The predicted octanol–water partition coefficient (Wildman–Crippen LogP) is 1.27. The molecule has 1 N–H and O–H groups in total. The minimum absolute atomic E-state index is 0. The number of hydrogen-bond donors (Lipinski definition) is 1. The van der Waals surface area contributed by atoms with Crippen LogP contribution in [0.1, 0.15) is 37.2 Å². The number of carbonyl (C=O) groups excluding carboxylic acids is 2. The Balaban J connectivity index is 0.00000231. The second-order valence-corrected chi connectivity index (χ2v) is 9.74. The van der Waals surface area contributed by atoms with Crippen LogP contribution < -0.4 is 18.9 Å². The van der Waals surface area contributed by atoms with E-state index < -0.39 is 30.0 Å². The van der Waals surface area contributed by atoms with Gasteiger partial charge in [-0.15, -0.1) is 0 Å². The average molecular weight is 530 g/mol. The van der Waals surface area contributed by atoms with Crippen LogP contribution in [0.3, 0.4) is 0 Å². The van der Waals surface area contributed by atoms with E-state index in [9.17, 15) is 19.5 Å². The Morgan fingerprint density at radius 3 is 2.52 bits per heavy atom. The van der Waals surface area contributed by atoms with Gasteiger partial charge in [0.05, 0.1) is 18.0 Å². The molecular weight excluding hydrogens is 501 g/mol. The predicted molar refractivity (Wildman–Crippen MR) is 145 cm³/mol. The second-order valence-electron chi connectivity index (χ2n) is 9.74. The number of amides is 3. The first kappa shape index (κ1) is 28.6. The van der Waals surface area contributed by atoms with Crippen molar-refractivity contribution in [2.75, 3.05) is 13.1 Å². The normalized spacial score (nSPS) is 16.7. The minimum atomic E-state index is -1.45. The number of carboxylic acids is 1. The van der Waals surface area contributed by atoms with E-state index in [4.69, 9.17) is 5.26 Å². The summed E-state index contributed by atoms with van der Waals surface area (Å²) in [6.07, 6.45) is 4.54. The summed E-state index contributed by atoms with van der Waals surface area (Å²) in [5.41, 5.74) is 1.71. The van der Waals surface area contributed by atoms with Crippen LogP contribution in [0, 0.1) is 11.3 Å².